The molecule has 0 aliphatic carbocycles. The van der Waals surface area contributed by atoms with Crippen LogP contribution in [0, 0.1) is 0 Å². The fourth-order valence-electron chi connectivity index (χ4n) is 2.47. The van der Waals surface area contributed by atoms with Crippen LogP contribution in [0.2, 0.25) is 0 Å². The first-order chi connectivity index (χ1) is 8.25. The number of fused-ring (bicyclic) bond motifs is 1. The van der Waals surface area contributed by atoms with Gasteiger partial charge in [0.1, 0.15) is 0 Å². The van der Waals surface area contributed by atoms with E-state index in [4.69, 9.17) is 5.73 Å². The van der Waals surface area contributed by atoms with E-state index in [2.05, 4.69) is 34.7 Å². The highest BCUT2D eigenvalue weighted by atomic mass is 32.1. The largest absolute Gasteiger partial charge is 0.398 e. The van der Waals surface area contributed by atoms with Crippen LogP contribution in [0.15, 0.2) is 35.0 Å². The van der Waals surface area contributed by atoms with Gasteiger partial charge in [-0.2, -0.15) is 11.3 Å². The van der Waals surface area contributed by atoms with Crippen molar-refractivity contribution in [3.63, 3.8) is 0 Å². The van der Waals surface area contributed by atoms with Crippen LogP contribution in [-0.2, 0) is 13.1 Å². The summed E-state index contributed by atoms with van der Waals surface area (Å²) in [5, 5.41) is 4.38. The maximum atomic E-state index is 6.03. The fourth-order valence-corrected chi connectivity index (χ4v) is 3.22. The summed E-state index contributed by atoms with van der Waals surface area (Å²) in [4.78, 5) is 2.48. The van der Waals surface area contributed by atoms with E-state index in [0.717, 1.165) is 18.8 Å². The molecule has 2 nitrogen and oxygen atoms in total. The molecule has 1 aliphatic rings. The average molecular weight is 244 g/mol. The molecule has 1 unspecified atom stereocenters. The Labute approximate surface area is 106 Å². The van der Waals surface area contributed by atoms with Crippen LogP contribution in [0.4, 0.5) is 5.69 Å². The molecule has 0 saturated carbocycles. The van der Waals surface area contributed by atoms with Crippen LogP contribution in [0.25, 0.3) is 0 Å². The third kappa shape index (κ3) is 1.85. The van der Waals surface area contributed by atoms with Crippen molar-refractivity contribution in [1.82, 2.24) is 4.90 Å². The van der Waals surface area contributed by atoms with Crippen molar-refractivity contribution in [2.24, 2.45) is 0 Å². The van der Waals surface area contributed by atoms with Gasteiger partial charge in [-0.05, 0) is 46.5 Å². The van der Waals surface area contributed by atoms with Gasteiger partial charge in [0.2, 0.25) is 0 Å². The number of thiophene rings is 1. The third-order valence-electron chi connectivity index (χ3n) is 3.62. The van der Waals surface area contributed by atoms with Gasteiger partial charge in [-0.25, -0.2) is 0 Å². The van der Waals surface area contributed by atoms with Crippen LogP contribution >= 0.6 is 11.3 Å². The van der Waals surface area contributed by atoms with Crippen LogP contribution < -0.4 is 5.73 Å². The van der Waals surface area contributed by atoms with Crippen molar-refractivity contribution in [3.05, 3.63) is 51.7 Å². The number of nitrogens with two attached hydrogens (primary N) is 1. The Kier molecular flexibility index (Phi) is 2.65. The van der Waals surface area contributed by atoms with Gasteiger partial charge in [0.25, 0.3) is 0 Å². The zero-order valence-corrected chi connectivity index (χ0v) is 10.7. The van der Waals surface area contributed by atoms with E-state index in [-0.39, 0.29) is 0 Å². The first-order valence-electron chi connectivity index (χ1n) is 5.88. The number of benzene rings is 1. The summed E-state index contributed by atoms with van der Waals surface area (Å²) in [7, 11) is 0. The molecule has 2 aromatic rings. The molecule has 88 valence electrons. The van der Waals surface area contributed by atoms with Crippen molar-refractivity contribution in [2.45, 2.75) is 26.1 Å². The lowest BCUT2D eigenvalue weighted by Gasteiger charge is -2.23. The Bertz CT molecular complexity index is 519. The molecule has 0 radical (unpaired) electrons. The van der Waals surface area contributed by atoms with Gasteiger partial charge in [-0.1, -0.05) is 12.1 Å². The van der Waals surface area contributed by atoms with Crippen LogP contribution in [0.5, 0.6) is 0 Å². The lowest BCUT2D eigenvalue weighted by molar-refractivity contribution is 0.215. The second kappa shape index (κ2) is 4.17. The summed E-state index contributed by atoms with van der Waals surface area (Å²) in [5.41, 5.74) is 11.1. The molecule has 1 aromatic carbocycles. The molecule has 3 heteroatoms. The molecule has 0 spiro atoms. The molecule has 1 aromatic heterocycles. The molecule has 2 N–H and O–H groups in total. The number of nitrogen functional groups attached to an aromatic ring is 1. The molecular weight excluding hydrogens is 228 g/mol. The van der Waals surface area contributed by atoms with Crippen LogP contribution in [-0.4, -0.2) is 4.90 Å². The highest BCUT2D eigenvalue weighted by Crippen LogP contribution is 2.34. The highest BCUT2D eigenvalue weighted by Gasteiger charge is 2.25. The summed E-state index contributed by atoms with van der Waals surface area (Å²) in [6, 6.07) is 8.91. The molecule has 1 atom stereocenters. The van der Waals surface area contributed by atoms with Gasteiger partial charge < -0.3 is 5.73 Å². The van der Waals surface area contributed by atoms with Gasteiger partial charge in [-0.15, -0.1) is 0 Å². The highest BCUT2D eigenvalue weighted by molar-refractivity contribution is 7.07. The minimum atomic E-state index is 0.466. The Morgan fingerprint density at radius 2 is 2.18 bits per heavy atom. The number of nitrogens with zero attached hydrogens (tertiary/aromatic N) is 1. The van der Waals surface area contributed by atoms with Gasteiger partial charge in [-0.3, -0.25) is 4.90 Å². The van der Waals surface area contributed by atoms with Gasteiger partial charge >= 0.3 is 0 Å². The van der Waals surface area contributed by atoms with Crippen LogP contribution in [0.3, 0.4) is 0 Å². The predicted octanol–water partition coefficient (Wildman–Crippen LogP) is 3.41. The fraction of sp³-hybridized carbons (Fsp3) is 0.286. The SMILES string of the molecule is CC(c1ccsc1)N1Cc2cccc(N)c2C1. The van der Waals surface area contributed by atoms with E-state index in [1.54, 1.807) is 11.3 Å². The second-order valence-electron chi connectivity index (χ2n) is 4.62. The molecule has 0 bridgehead atoms. The monoisotopic (exact) mass is 244 g/mol. The molecular formula is C14H16N2S. The van der Waals surface area contributed by atoms with Gasteiger partial charge in [0.05, 0.1) is 0 Å². The summed E-state index contributed by atoms with van der Waals surface area (Å²) < 4.78 is 0. The maximum Gasteiger partial charge on any atom is 0.0363 e. The Balaban J connectivity index is 1.85. The van der Waals surface area contributed by atoms with Crippen molar-refractivity contribution in [2.75, 3.05) is 5.73 Å². The van der Waals surface area contributed by atoms with E-state index in [0.29, 0.717) is 6.04 Å². The van der Waals surface area contributed by atoms with E-state index in [1.807, 2.05) is 12.1 Å². The molecule has 1 aliphatic heterocycles. The Morgan fingerprint density at radius 3 is 2.88 bits per heavy atom. The van der Waals surface area contributed by atoms with E-state index >= 15 is 0 Å². The normalized spacial score (nSPS) is 17.0. The second-order valence-corrected chi connectivity index (χ2v) is 5.40. The smallest absolute Gasteiger partial charge is 0.0363 e. The maximum absolute atomic E-state index is 6.03. The molecule has 2 heterocycles. The van der Waals surface area contributed by atoms with E-state index in [9.17, 15) is 0 Å². The predicted molar refractivity (Wildman–Crippen MR) is 72.8 cm³/mol. The number of rotatable bonds is 2. The zero-order valence-electron chi connectivity index (χ0n) is 9.89. The van der Waals surface area contributed by atoms with Crippen molar-refractivity contribution >= 4 is 17.0 Å². The van der Waals surface area contributed by atoms with E-state index in [1.165, 1.54) is 16.7 Å². The summed E-state index contributed by atoms with van der Waals surface area (Å²) >= 11 is 1.76. The van der Waals surface area contributed by atoms with Crippen molar-refractivity contribution < 1.29 is 0 Å². The molecule has 0 saturated heterocycles. The van der Waals surface area contributed by atoms with Gasteiger partial charge in [0, 0.05) is 24.8 Å². The molecule has 3 rings (SSSR count). The topological polar surface area (TPSA) is 29.3 Å². The van der Waals surface area contributed by atoms with Gasteiger partial charge in [0.15, 0.2) is 0 Å². The number of anilines is 1. The minimum absolute atomic E-state index is 0.466. The summed E-state index contributed by atoms with van der Waals surface area (Å²) in [6.45, 7) is 4.25. The Hall–Kier alpha value is -1.32. The standard InChI is InChI=1S/C14H16N2S/c1-10(12-5-6-17-9-12)16-7-11-3-2-4-14(15)13(11)8-16/h2-6,9-10H,7-8,15H2,1H3. The van der Waals surface area contributed by atoms with Crippen LogP contribution in [0.1, 0.15) is 29.7 Å². The molecule has 0 fully saturated rings. The average Bonchev–Trinajstić information content (AvgIpc) is 2.98. The minimum Gasteiger partial charge on any atom is -0.398 e. The van der Waals surface area contributed by atoms with E-state index < -0.39 is 0 Å². The first kappa shape index (κ1) is 10.8. The quantitative estimate of drug-likeness (QED) is 0.820. The summed E-state index contributed by atoms with van der Waals surface area (Å²) in [5.74, 6) is 0. The first-order valence-corrected chi connectivity index (χ1v) is 6.82. The molecule has 0 amide bonds. The Morgan fingerprint density at radius 1 is 1.29 bits per heavy atom. The van der Waals surface area contributed by atoms with Crippen molar-refractivity contribution in [3.8, 4) is 0 Å². The number of hydrogen-bond acceptors (Lipinski definition) is 3. The lowest BCUT2D eigenvalue weighted by Crippen LogP contribution is -2.20. The van der Waals surface area contributed by atoms with Crippen molar-refractivity contribution in [1.29, 1.82) is 0 Å². The zero-order chi connectivity index (χ0) is 11.8. The lowest BCUT2D eigenvalue weighted by atomic mass is 10.1. The number of hydrogen-bond donors (Lipinski definition) is 1. The third-order valence-corrected chi connectivity index (χ3v) is 4.32. The molecule has 17 heavy (non-hydrogen) atoms. The summed E-state index contributed by atoms with van der Waals surface area (Å²) in [6.07, 6.45) is 0.